The second-order valence-corrected chi connectivity index (χ2v) is 2.11. The molecular weight excluding hydrogens is 183 g/mol. The van der Waals surface area contributed by atoms with E-state index in [0.29, 0.717) is 13.0 Å². The van der Waals surface area contributed by atoms with Gasteiger partial charge in [0.05, 0.1) is 0 Å². The highest BCUT2D eigenvalue weighted by Gasteiger charge is 2.08. The predicted molar refractivity (Wildman–Crippen MR) is 45.4 cm³/mol. The molecule has 1 unspecified atom stereocenters. The fraction of sp³-hybridized carbons (Fsp3) is 0.800. The van der Waals surface area contributed by atoms with Gasteiger partial charge in [0.2, 0.25) is 0 Å². The number of carbonyl (C=O) groups is 1. The molecule has 0 saturated heterocycles. The van der Waals surface area contributed by atoms with E-state index in [1.165, 1.54) is 0 Å². The smallest absolute Gasteiger partial charge is 0.480 e. The molecule has 5 N–H and O–H groups in total. The number of rotatable bonds is 4. The van der Waals surface area contributed by atoms with Gasteiger partial charge >= 0.3 is 14.7 Å². The van der Waals surface area contributed by atoms with Crippen molar-refractivity contribution in [2.24, 2.45) is 5.73 Å². The van der Waals surface area contributed by atoms with Crippen LogP contribution in [0.5, 0.6) is 0 Å². The van der Waals surface area contributed by atoms with Crippen LogP contribution in [0.3, 0.4) is 0 Å². The summed E-state index contributed by atoms with van der Waals surface area (Å²) in [6, 6.07) is -0.725. The molecule has 0 aromatic heterocycles. The van der Waals surface area contributed by atoms with Crippen LogP contribution in [0.25, 0.3) is 0 Å². The van der Waals surface area contributed by atoms with Crippen LogP contribution < -0.4 is 11.1 Å². The van der Waals surface area contributed by atoms with Crippen LogP contribution in [0.1, 0.15) is 6.42 Å². The summed E-state index contributed by atoms with van der Waals surface area (Å²) in [5, 5.41) is 11.1. The first kappa shape index (κ1) is 14.0. The molecule has 6 nitrogen and oxygen atoms in total. The highest BCUT2D eigenvalue weighted by molar-refractivity contribution is 7.16. The minimum absolute atomic E-state index is 0.478. The van der Waals surface area contributed by atoms with Gasteiger partial charge in [-0.3, -0.25) is 4.79 Å². The lowest BCUT2D eigenvalue weighted by molar-refractivity contribution is -0.138. The summed E-state index contributed by atoms with van der Waals surface area (Å²) in [5.41, 5.74) is 5.16. The molecule has 0 saturated carbocycles. The molecule has 0 aliphatic carbocycles. The van der Waals surface area contributed by atoms with Crippen molar-refractivity contribution in [3.8, 4) is 0 Å². The highest BCUT2D eigenvalue weighted by atomic mass is 31.1. The Kier molecular flexibility index (Phi) is 12.2. The minimum atomic E-state index is -1.17. The second kappa shape index (κ2) is 10.4. The van der Waals surface area contributed by atoms with Gasteiger partial charge in [-0.15, -0.1) is 0 Å². The molecule has 72 valence electrons. The van der Waals surface area contributed by atoms with Crippen molar-refractivity contribution >= 4 is 14.7 Å². The Balaban J connectivity index is 0. The number of nitrogens with one attached hydrogen (secondary N) is 1. The minimum Gasteiger partial charge on any atom is -0.480 e. The Morgan fingerprint density at radius 1 is 1.75 bits per heavy atom. The van der Waals surface area contributed by atoms with Gasteiger partial charge in [-0.2, -0.15) is 4.89 Å². The molecule has 0 amide bonds. The van der Waals surface area contributed by atoms with Crippen molar-refractivity contribution in [3.63, 3.8) is 0 Å². The largest absolute Gasteiger partial charge is 0.491 e. The topological polar surface area (TPSA) is 113 Å². The van der Waals surface area contributed by atoms with Crippen LogP contribution in [-0.4, -0.2) is 35.6 Å². The van der Waals surface area contributed by atoms with Crippen molar-refractivity contribution in [2.75, 3.05) is 13.6 Å². The summed E-state index contributed by atoms with van der Waals surface area (Å²) in [6.07, 6.45) is 0.478. The predicted octanol–water partition coefficient (Wildman–Crippen LogP) is -1.07. The van der Waals surface area contributed by atoms with Gasteiger partial charge in [-0.1, -0.05) is 0 Å². The fourth-order valence-corrected chi connectivity index (χ4v) is 0.423. The molecule has 0 rings (SSSR count). The molecule has 0 aliphatic heterocycles. The average molecular weight is 197 g/mol. The molecule has 0 radical (unpaired) electrons. The number of aliphatic carboxylic acids is 1. The van der Waals surface area contributed by atoms with E-state index in [1.54, 1.807) is 7.05 Å². The number of hydrogen-bond acceptors (Lipinski definition) is 4. The normalized spacial score (nSPS) is 11.6. The van der Waals surface area contributed by atoms with Crippen LogP contribution in [0.4, 0.5) is 0 Å². The summed E-state index contributed by atoms with van der Waals surface area (Å²) < 4.78 is 8.51. The maximum Gasteiger partial charge on any atom is 0.491 e. The van der Waals surface area contributed by atoms with E-state index in [-0.39, 0.29) is 0 Å². The maximum absolute atomic E-state index is 10.1. The van der Waals surface area contributed by atoms with Gasteiger partial charge in [0.15, 0.2) is 0 Å². The van der Waals surface area contributed by atoms with Crippen molar-refractivity contribution in [3.05, 3.63) is 0 Å². The fourth-order valence-electron chi connectivity index (χ4n) is 0.423. The molecular formula is C5H14N2O4P+. The first-order chi connectivity index (χ1) is 5.59. The van der Waals surface area contributed by atoms with Crippen molar-refractivity contribution in [2.45, 2.75) is 12.5 Å². The third-order valence-electron chi connectivity index (χ3n) is 1.02. The zero-order chi connectivity index (χ0) is 9.98. The first-order valence-electron chi connectivity index (χ1n) is 3.24. The van der Waals surface area contributed by atoms with Crippen LogP contribution in [-0.2, 0) is 9.36 Å². The molecule has 0 bridgehead atoms. The Morgan fingerprint density at radius 2 is 2.17 bits per heavy atom. The summed E-state index contributed by atoms with van der Waals surface area (Å²) in [6.45, 7) is 0.646. The van der Waals surface area contributed by atoms with Crippen LogP contribution in [0.2, 0.25) is 0 Å². The first-order valence-corrected chi connectivity index (χ1v) is 4.09. The van der Waals surface area contributed by atoms with Crippen molar-refractivity contribution < 1.29 is 19.4 Å². The summed E-state index contributed by atoms with van der Waals surface area (Å²) in [4.78, 5) is 17.1. The number of hydrogen-bond donors (Lipinski definition) is 4. The summed E-state index contributed by atoms with van der Waals surface area (Å²) in [5.74, 6) is -0.940. The lowest BCUT2D eigenvalue weighted by Crippen LogP contribution is -2.32. The van der Waals surface area contributed by atoms with Gasteiger partial charge < -0.3 is 16.2 Å². The molecule has 0 fully saturated rings. The summed E-state index contributed by atoms with van der Waals surface area (Å²) >= 11 is 0. The van der Waals surface area contributed by atoms with E-state index in [0.717, 1.165) is 0 Å². The van der Waals surface area contributed by atoms with E-state index in [1.807, 2.05) is 0 Å². The molecule has 7 heteroatoms. The number of carboxylic acid groups (broad SMARTS) is 1. The van der Waals surface area contributed by atoms with Crippen molar-refractivity contribution in [1.29, 1.82) is 0 Å². The molecule has 0 aromatic rings. The maximum atomic E-state index is 10.1. The van der Waals surface area contributed by atoms with E-state index in [9.17, 15) is 4.79 Å². The third kappa shape index (κ3) is 12.2. The Hall–Kier alpha value is -0.550. The van der Waals surface area contributed by atoms with Gasteiger partial charge in [-0.25, -0.2) is 0 Å². The van der Waals surface area contributed by atoms with E-state index >= 15 is 0 Å². The zero-order valence-electron chi connectivity index (χ0n) is 6.78. The van der Waals surface area contributed by atoms with Gasteiger partial charge in [0.1, 0.15) is 6.04 Å². The quantitative estimate of drug-likeness (QED) is 0.426. The Labute approximate surface area is 72.1 Å². The van der Waals surface area contributed by atoms with E-state index < -0.39 is 20.7 Å². The van der Waals surface area contributed by atoms with Gasteiger partial charge in [0.25, 0.3) is 0 Å². The van der Waals surface area contributed by atoms with Crippen molar-refractivity contribution in [1.82, 2.24) is 5.32 Å². The van der Waals surface area contributed by atoms with Crippen LogP contribution in [0.15, 0.2) is 0 Å². The standard InChI is InChI=1S/C5H12N2O2.HO2P/c1-7-3-2-4(6)5(8)9;1-3-2/h4,7H,2-3,6H2,1H3,(H,8,9);3H/p+1/t4-;/m0./s1. The van der Waals surface area contributed by atoms with Gasteiger partial charge in [0, 0.05) is 0 Å². The number of carboxylic acids is 1. The van der Waals surface area contributed by atoms with Crippen LogP contribution in [0, 0.1) is 0 Å². The van der Waals surface area contributed by atoms with Crippen LogP contribution >= 0.6 is 8.69 Å². The monoisotopic (exact) mass is 197 g/mol. The molecule has 12 heavy (non-hydrogen) atoms. The molecule has 0 aliphatic rings. The third-order valence-corrected chi connectivity index (χ3v) is 1.02. The highest BCUT2D eigenvalue weighted by Crippen LogP contribution is 1.83. The SMILES string of the molecule is CNCC[C@H](N)C(=O)O.O=[PH+]O. The molecule has 0 heterocycles. The Bertz CT molecular complexity index is 133. The average Bonchev–Trinajstić information content (AvgIpc) is 2.01. The van der Waals surface area contributed by atoms with Gasteiger partial charge in [-0.05, 0) is 24.6 Å². The molecule has 0 aromatic carbocycles. The van der Waals surface area contributed by atoms with E-state index in [4.69, 9.17) is 20.3 Å². The molecule has 2 atom stereocenters. The zero-order valence-corrected chi connectivity index (χ0v) is 7.78. The molecule has 0 spiro atoms. The second-order valence-electron chi connectivity index (χ2n) is 1.93. The summed E-state index contributed by atoms with van der Waals surface area (Å²) in [7, 11) is 0.592. The Morgan fingerprint density at radius 3 is 2.42 bits per heavy atom. The van der Waals surface area contributed by atoms with E-state index in [2.05, 4.69) is 5.32 Å². The lowest BCUT2D eigenvalue weighted by Gasteiger charge is -2.03. The lowest BCUT2D eigenvalue weighted by atomic mass is 10.2. The number of nitrogens with two attached hydrogens (primary N) is 1.